The number of hydrogen-bond acceptors (Lipinski definition) is 5. The van der Waals surface area contributed by atoms with Crippen LogP contribution in [0.5, 0.6) is 0 Å². The van der Waals surface area contributed by atoms with Crippen molar-refractivity contribution < 1.29 is 4.52 Å². The van der Waals surface area contributed by atoms with Gasteiger partial charge in [-0.05, 0) is 20.0 Å². The normalized spacial score (nSPS) is 12.3. The van der Waals surface area contributed by atoms with E-state index in [4.69, 9.17) is 4.52 Å². The zero-order valence-electron chi connectivity index (χ0n) is 14.5. The molecule has 0 spiro atoms. The van der Waals surface area contributed by atoms with Crippen LogP contribution in [0.25, 0.3) is 0 Å². The van der Waals surface area contributed by atoms with Gasteiger partial charge in [-0.25, -0.2) is 0 Å². The van der Waals surface area contributed by atoms with E-state index in [9.17, 15) is 0 Å². The van der Waals surface area contributed by atoms with E-state index in [2.05, 4.69) is 68.1 Å². The highest BCUT2D eigenvalue weighted by Gasteiger charge is 2.12. The number of rotatable bonds is 10. The molecule has 0 aliphatic carbocycles. The van der Waals surface area contributed by atoms with Crippen LogP contribution in [0.4, 0.5) is 0 Å². The first-order chi connectivity index (χ1) is 9.86. The Morgan fingerprint density at radius 1 is 1.19 bits per heavy atom. The molecular formula is C16H32N4O. The molecule has 5 heteroatoms. The summed E-state index contributed by atoms with van der Waals surface area (Å²) in [5.41, 5.74) is 0.982. The lowest BCUT2D eigenvalue weighted by Gasteiger charge is -2.24. The van der Waals surface area contributed by atoms with Crippen LogP contribution in [0.3, 0.4) is 0 Å². The van der Waals surface area contributed by atoms with Gasteiger partial charge in [-0.15, -0.1) is 0 Å². The molecule has 1 N–H and O–H groups in total. The Labute approximate surface area is 129 Å². The molecule has 1 aromatic rings. The van der Waals surface area contributed by atoms with E-state index in [1.165, 1.54) is 0 Å². The fraction of sp³-hybridized carbons (Fsp3) is 0.812. The van der Waals surface area contributed by atoms with Gasteiger partial charge in [-0.3, -0.25) is 4.90 Å². The summed E-state index contributed by atoms with van der Waals surface area (Å²) in [6.07, 6.45) is 0. The first kappa shape index (κ1) is 18.1. The Morgan fingerprint density at radius 3 is 2.48 bits per heavy atom. The second kappa shape index (κ2) is 9.18. The van der Waals surface area contributed by atoms with Crippen molar-refractivity contribution in [1.82, 2.24) is 20.3 Å². The average Bonchev–Trinajstić information content (AvgIpc) is 2.80. The Hall–Kier alpha value is -0.910. The molecule has 0 saturated heterocycles. The molecule has 1 aromatic heterocycles. The fourth-order valence-electron chi connectivity index (χ4n) is 2.14. The molecule has 0 amide bonds. The lowest BCUT2D eigenvalue weighted by molar-refractivity contribution is 0.191. The zero-order chi connectivity index (χ0) is 15.8. The van der Waals surface area contributed by atoms with Gasteiger partial charge in [0.15, 0.2) is 5.76 Å². The molecule has 1 heterocycles. The van der Waals surface area contributed by atoms with Gasteiger partial charge < -0.3 is 14.7 Å². The monoisotopic (exact) mass is 296 g/mol. The number of nitrogens with one attached hydrogen (secondary N) is 1. The Kier molecular flexibility index (Phi) is 7.93. The molecule has 0 saturated carbocycles. The Morgan fingerprint density at radius 2 is 1.90 bits per heavy atom. The van der Waals surface area contributed by atoms with Gasteiger partial charge in [0, 0.05) is 38.3 Å². The largest absolute Gasteiger partial charge is 0.360 e. The van der Waals surface area contributed by atoms with Gasteiger partial charge in [0.05, 0.1) is 12.2 Å². The van der Waals surface area contributed by atoms with Crippen molar-refractivity contribution in [2.45, 2.75) is 46.8 Å². The summed E-state index contributed by atoms with van der Waals surface area (Å²) < 4.78 is 5.47. The predicted octanol–water partition coefficient (Wildman–Crippen LogP) is 2.19. The lowest BCUT2D eigenvalue weighted by atomic mass is 10.2. The number of nitrogens with zero attached hydrogens (tertiary/aromatic N) is 3. The van der Waals surface area contributed by atoms with Crippen molar-refractivity contribution in [2.24, 2.45) is 5.92 Å². The SMILES string of the molecule is CC(C)CN(CCN(C)C)Cc1cc(CNC(C)C)no1. The van der Waals surface area contributed by atoms with Gasteiger partial charge >= 0.3 is 0 Å². The van der Waals surface area contributed by atoms with E-state index in [0.717, 1.165) is 44.2 Å². The third kappa shape index (κ3) is 8.19. The summed E-state index contributed by atoms with van der Waals surface area (Å²) in [6, 6.07) is 2.53. The van der Waals surface area contributed by atoms with Gasteiger partial charge in [0.25, 0.3) is 0 Å². The second-order valence-electron chi connectivity index (χ2n) is 6.75. The van der Waals surface area contributed by atoms with Crippen LogP contribution < -0.4 is 5.32 Å². The first-order valence-corrected chi connectivity index (χ1v) is 7.91. The molecular weight excluding hydrogens is 264 g/mol. The maximum absolute atomic E-state index is 5.47. The molecule has 0 aliphatic rings. The summed E-state index contributed by atoms with van der Waals surface area (Å²) in [4.78, 5) is 4.65. The highest BCUT2D eigenvalue weighted by atomic mass is 16.5. The topological polar surface area (TPSA) is 44.5 Å². The minimum Gasteiger partial charge on any atom is -0.360 e. The average molecular weight is 296 g/mol. The fourth-order valence-corrected chi connectivity index (χ4v) is 2.14. The minimum absolute atomic E-state index is 0.461. The third-order valence-electron chi connectivity index (χ3n) is 3.17. The molecule has 0 unspecified atom stereocenters. The Balaban J connectivity index is 2.52. The molecule has 0 aromatic carbocycles. The standard InChI is InChI=1S/C16H32N4O/c1-13(2)11-20(8-7-19(5)6)12-16-9-15(18-21-16)10-17-14(3)4/h9,13-14,17H,7-8,10-12H2,1-6H3. The number of likely N-dealkylation sites (N-methyl/N-ethyl adjacent to an activating group) is 1. The van der Waals surface area contributed by atoms with Crippen LogP contribution in [0.2, 0.25) is 0 Å². The van der Waals surface area contributed by atoms with Crippen LogP contribution >= 0.6 is 0 Å². The summed E-state index contributed by atoms with van der Waals surface area (Å²) in [5, 5.41) is 7.50. The number of aromatic nitrogens is 1. The molecule has 0 radical (unpaired) electrons. The molecule has 0 aliphatic heterocycles. The van der Waals surface area contributed by atoms with Crippen LogP contribution in [-0.4, -0.2) is 54.7 Å². The third-order valence-corrected chi connectivity index (χ3v) is 3.17. The maximum atomic E-state index is 5.47. The first-order valence-electron chi connectivity index (χ1n) is 7.91. The molecule has 5 nitrogen and oxygen atoms in total. The smallest absolute Gasteiger partial charge is 0.151 e. The minimum atomic E-state index is 0.461. The van der Waals surface area contributed by atoms with Crippen molar-refractivity contribution in [1.29, 1.82) is 0 Å². The molecule has 1 rings (SSSR count). The highest BCUT2D eigenvalue weighted by molar-refractivity contribution is 5.05. The molecule has 122 valence electrons. The van der Waals surface area contributed by atoms with Gasteiger partial charge in [-0.1, -0.05) is 32.9 Å². The summed E-state index contributed by atoms with van der Waals surface area (Å²) in [7, 11) is 4.22. The second-order valence-corrected chi connectivity index (χ2v) is 6.75. The van der Waals surface area contributed by atoms with Crippen LogP contribution in [-0.2, 0) is 13.1 Å². The van der Waals surface area contributed by atoms with E-state index in [-0.39, 0.29) is 0 Å². The molecule has 0 atom stereocenters. The molecule has 21 heavy (non-hydrogen) atoms. The summed E-state index contributed by atoms with van der Waals surface area (Å²) in [5.74, 6) is 1.60. The van der Waals surface area contributed by atoms with Crippen molar-refractivity contribution in [2.75, 3.05) is 33.7 Å². The number of hydrogen-bond donors (Lipinski definition) is 1. The van der Waals surface area contributed by atoms with Gasteiger partial charge in [0.2, 0.25) is 0 Å². The van der Waals surface area contributed by atoms with Crippen molar-refractivity contribution >= 4 is 0 Å². The van der Waals surface area contributed by atoms with Crippen molar-refractivity contribution in [3.8, 4) is 0 Å². The van der Waals surface area contributed by atoms with Gasteiger partial charge in [-0.2, -0.15) is 0 Å². The quantitative estimate of drug-likeness (QED) is 0.717. The molecule has 0 bridgehead atoms. The lowest BCUT2D eigenvalue weighted by Crippen LogP contribution is -2.33. The van der Waals surface area contributed by atoms with E-state index in [1.54, 1.807) is 0 Å². The summed E-state index contributed by atoms with van der Waals surface area (Å²) in [6.45, 7) is 13.5. The highest BCUT2D eigenvalue weighted by Crippen LogP contribution is 2.09. The summed E-state index contributed by atoms with van der Waals surface area (Å²) >= 11 is 0. The van der Waals surface area contributed by atoms with Crippen LogP contribution in [0, 0.1) is 5.92 Å². The van der Waals surface area contributed by atoms with E-state index < -0.39 is 0 Å². The van der Waals surface area contributed by atoms with Gasteiger partial charge in [0.1, 0.15) is 0 Å². The molecule has 0 fully saturated rings. The van der Waals surface area contributed by atoms with E-state index in [0.29, 0.717) is 12.0 Å². The van der Waals surface area contributed by atoms with E-state index >= 15 is 0 Å². The van der Waals surface area contributed by atoms with Crippen LogP contribution in [0.1, 0.15) is 39.1 Å². The van der Waals surface area contributed by atoms with Crippen molar-refractivity contribution in [3.05, 3.63) is 17.5 Å². The van der Waals surface area contributed by atoms with Crippen molar-refractivity contribution in [3.63, 3.8) is 0 Å². The van der Waals surface area contributed by atoms with E-state index in [1.807, 2.05) is 0 Å². The maximum Gasteiger partial charge on any atom is 0.151 e. The Bertz CT molecular complexity index is 387. The zero-order valence-corrected chi connectivity index (χ0v) is 14.5. The predicted molar refractivity (Wildman–Crippen MR) is 87.1 cm³/mol. The van der Waals surface area contributed by atoms with Crippen LogP contribution in [0.15, 0.2) is 10.6 Å².